The average Bonchev–Trinajstić information content (AvgIpc) is 3.08. The standard InChI is InChI=1S/C22H26N2O4S/c1-22(2,3)16-9-10-19-18(13-16)24(29(4,26)27)14-20(28-19)21(25)23-12-11-15-7-5-6-8-17(15)23/h5-10,13,20H,11-12,14H2,1-4H3/t20-/m0/s1. The molecule has 2 heterocycles. The lowest BCUT2D eigenvalue weighted by Gasteiger charge is -2.36. The molecule has 2 aromatic carbocycles. The average molecular weight is 415 g/mol. The molecule has 0 radical (unpaired) electrons. The van der Waals surface area contributed by atoms with E-state index >= 15 is 0 Å². The van der Waals surface area contributed by atoms with Crippen LogP contribution >= 0.6 is 0 Å². The van der Waals surface area contributed by atoms with Crippen molar-refractivity contribution in [3.05, 3.63) is 53.6 Å². The summed E-state index contributed by atoms with van der Waals surface area (Å²) in [5.74, 6) is 0.203. The Balaban J connectivity index is 1.70. The molecule has 2 aromatic rings. The minimum Gasteiger partial charge on any atom is -0.476 e. The molecule has 0 aliphatic carbocycles. The van der Waals surface area contributed by atoms with Crippen LogP contribution in [0.3, 0.4) is 0 Å². The largest absolute Gasteiger partial charge is 0.476 e. The number of fused-ring (bicyclic) bond motifs is 2. The molecule has 1 amide bonds. The van der Waals surface area contributed by atoms with Gasteiger partial charge in [-0.3, -0.25) is 9.10 Å². The third-order valence-electron chi connectivity index (χ3n) is 5.52. The Morgan fingerprint density at radius 1 is 1.10 bits per heavy atom. The van der Waals surface area contributed by atoms with E-state index in [4.69, 9.17) is 4.74 Å². The van der Waals surface area contributed by atoms with Crippen LogP contribution in [-0.2, 0) is 26.7 Å². The highest BCUT2D eigenvalue weighted by atomic mass is 32.2. The van der Waals surface area contributed by atoms with E-state index in [0.29, 0.717) is 18.0 Å². The van der Waals surface area contributed by atoms with Gasteiger partial charge in [0.15, 0.2) is 6.10 Å². The molecule has 2 aliphatic rings. The maximum atomic E-state index is 13.3. The van der Waals surface area contributed by atoms with Gasteiger partial charge in [0.1, 0.15) is 5.75 Å². The molecule has 0 saturated carbocycles. The summed E-state index contributed by atoms with van der Waals surface area (Å²) >= 11 is 0. The number of ether oxygens (including phenoxy) is 1. The van der Waals surface area contributed by atoms with Gasteiger partial charge >= 0.3 is 0 Å². The summed E-state index contributed by atoms with van der Waals surface area (Å²) in [5, 5.41) is 0. The molecule has 1 atom stereocenters. The summed E-state index contributed by atoms with van der Waals surface area (Å²) in [4.78, 5) is 15.0. The number of rotatable bonds is 2. The number of hydrogen-bond donors (Lipinski definition) is 0. The van der Waals surface area contributed by atoms with E-state index in [1.54, 1.807) is 11.0 Å². The second-order valence-corrected chi connectivity index (χ2v) is 10.6. The Morgan fingerprint density at radius 3 is 2.52 bits per heavy atom. The van der Waals surface area contributed by atoms with Crippen LogP contribution in [0.4, 0.5) is 11.4 Å². The van der Waals surface area contributed by atoms with E-state index < -0.39 is 16.1 Å². The summed E-state index contributed by atoms with van der Waals surface area (Å²) in [7, 11) is -3.57. The fourth-order valence-corrected chi connectivity index (χ4v) is 4.81. The van der Waals surface area contributed by atoms with Gasteiger partial charge < -0.3 is 9.64 Å². The highest BCUT2D eigenvalue weighted by molar-refractivity contribution is 7.92. The Bertz CT molecular complexity index is 1070. The molecule has 0 spiro atoms. The van der Waals surface area contributed by atoms with Crippen molar-refractivity contribution < 1.29 is 17.9 Å². The van der Waals surface area contributed by atoms with Gasteiger partial charge in [-0.25, -0.2) is 8.42 Å². The van der Waals surface area contributed by atoms with Crippen molar-refractivity contribution in [2.75, 3.05) is 28.6 Å². The van der Waals surface area contributed by atoms with Crippen molar-refractivity contribution in [1.82, 2.24) is 0 Å². The van der Waals surface area contributed by atoms with E-state index in [1.807, 2.05) is 36.4 Å². The SMILES string of the molecule is CC(C)(C)c1ccc2c(c1)N(S(C)(=O)=O)C[C@@H](C(=O)N1CCc3ccccc31)O2. The number of carbonyl (C=O) groups is 1. The molecule has 154 valence electrons. The van der Waals surface area contributed by atoms with E-state index in [0.717, 1.165) is 23.2 Å². The van der Waals surface area contributed by atoms with Crippen LogP contribution < -0.4 is 13.9 Å². The first kappa shape index (κ1) is 19.8. The Kier molecular flexibility index (Phi) is 4.61. The molecule has 0 bridgehead atoms. The lowest BCUT2D eigenvalue weighted by atomic mass is 9.86. The maximum absolute atomic E-state index is 13.3. The Hall–Kier alpha value is -2.54. The van der Waals surface area contributed by atoms with Gasteiger partial charge in [-0.05, 0) is 41.2 Å². The van der Waals surface area contributed by atoms with Crippen molar-refractivity contribution in [3.8, 4) is 5.75 Å². The van der Waals surface area contributed by atoms with Gasteiger partial charge in [-0.2, -0.15) is 0 Å². The summed E-state index contributed by atoms with van der Waals surface area (Å²) < 4.78 is 32.4. The Morgan fingerprint density at radius 2 is 1.83 bits per heavy atom. The zero-order valence-corrected chi connectivity index (χ0v) is 18.0. The van der Waals surface area contributed by atoms with Gasteiger partial charge in [0.05, 0.1) is 18.5 Å². The van der Waals surface area contributed by atoms with E-state index in [9.17, 15) is 13.2 Å². The lowest BCUT2D eigenvalue weighted by molar-refractivity contribution is -0.125. The molecular weight excluding hydrogens is 388 g/mol. The van der Waals surface area contributed by atoms with Crippen molar-refractivity contribution in [1.29, 1.82) is 0 Å². The number of hydrogen-bond acceptors (Lipinski definition) is 4. The summed E-state index contributed by atoms with van der Waals surface area (Å²) in [6, 6.07) is 13.3. The molecule has 0 aromatic heterocycles. The number of para-hydroxylation sites is 1. The van der Waals surface area contributed by atoms with Crippen LogP contribution in [0.2, 0.25) is 0 Å². The second-order valence-electron chi connectivity index (χ2n) is 8.70. The predicted molar refractivity (Wildman–Crippen MR) is 114 cm³/mol. The minimum atomic E-state index is -3.57. The monoisotopic (exact) mass is 414 g/mol. The fourth-order valence-electron chi connectivity index (χ4n) is 3.90. The maximum Gasteiger partial charge on any atom is 0.269 e. The molecule has 0 saturated heterocycles. The zero-order valence-electron chi connectivity index (χ0n) is 17.2. The summed E-state index contributed by atoms with van der Waals surface area (Å²) in [5.41, 5.74) is 3.36. The molecule has 0 N–H and O–H groups in total. The normalized spacial score (nSPS) is 18.8. The smallest absolute Gasteiger partial charge is 0.269 e. The van der Waals surface area contributed by atoms with E-state index in [-0.39, 0.29) is 17.9 Å². The van der Waals surface area contributed by atoms with Crippen LogP contribution in [0.25, 0.3) is 0 Å². The highest BCUT2D eigenvalue weighted by Gasteiger charge is 2.39. The number of benzene rings is 2. The number of nitrogens with zero attached hydrogens (tertiary/aromatic N) is 2. The highest BCUT2D eigenvalue weighted by Crippen LogP contribution is 2.39. The van der Waals surface area contributed by atoms with Crippen molar-refractivity contribution >= 4 is 27.3 Å². The van der Waals surface area contributed by atoms with Crippen molar-refractivity contribution in [2.45, 2.75) is 38.7 Å². The number of carbonyl (C=O) groups excluding carboxylic acids is 1. The molecule has 0 fully saturated rings. The first-order valence-corrected chi connectivity index (χ1v) is 11.6. The topological polar surface area (TPSA) is 66.9 Å². The van der Waals surface area contributed by atoms with Crippen LogP contribution in [0.15, 0.2) is 42.5 Å². The van der Waals surface area contributed by atoms with Gasteiger partial charge in [0.2, 0.25) is 10.0 Å². The van der Waals surface area contributed by atoms with Crippen LogP contribution in [0.1, 0.15) is 31.9 Å². The molecule has 29 heavy (non-hydrogen) atoms. The second kappa shape index (κ2) is 6.76. The Labute approximate surface area is 172 Å². The van der Waals surface area contributed by atoms with Gasteiger partial charge in [-0.15, -0.1) is 0 Å². The molecule has 7 heteroatoms. The quantitative estimate of drug-likeness (QED) is 0.757. The number of sulfonamides is 1. The van der Waals surface area contributed by atoms with Gasteiger partial charge in [-0.1, -0.05) is 45.0 Å². The fraction of sp³-hybridized carbons (Fsp3) is 0.409. The van der Waals surface area contributed by atoms with Crippen molar-refractivity contribution in [3.63, 3.8) is 0 Å². The predicted octanol–water partition coefficient (Wildman–Crippen LogP) is 3.10. The molecule has 2 aliphatic heterocycles. The molecule has 6 nitrogen and oxygen atoms in total. The van der Waals surface area contributed by atoms with Crippen LogP contribution in [0.5, 0.6) is 5.75 Å². The van der Waals surface area contributed by atoms with Crippen molar-refractivity contribution in [2.24, 2.45) is 0 Å². The molecule has 0 unspecified atom stereocenters. The first-order chi connectivity index (χ1) is 13.6. The van der Waals surface area contributed by atoms with Crippen LogP contribution in [0, 0.1) is 0 Å². The minimum absolute atomic E-state index is 0.0308. The van der Waals surface area contributed by atoms with Crippen LogP contribution in [-0.4, -0.2) is 39.8 Å². The number of anilines is 2. The van der Waals surface area contributed by atoms with E-state index in [2.05, 4.69) is 20.8 Å². The zero-order chi connectivity index (χ0) is 21.0. The van der Waals surface area contributed by atoms with Gasteiger partial charge in [0, 0.05) is 12.2 Å². The molecule has 4 rings (SSSR count). The summed E-state index contributed by atoms with van der Waals surface area (Å²) in [6.07, 6.45) is 1.07. The summed E-state index contributed by atoms with van der Waals surface area (Å²) in [6.45, 7) is 6.75. The third kappa shape index (κ3) is 3.59. The third-order valence-corrected chi connectivity index (χ3v) is 6.67. The van der Waals surface area contributed by atoms with E-state index in [1.165, 1.54) is 10.6 Å². The lowest BCUT2D eigenvalue weighted by Crippen LogP contribution is -2.51. The number of amides is 1. The molecular formula is C22H26N2O4S. The van der Waals surface area contributed by atoms with Gasteiger partial charge in [0.25, 0.3) is 5.91 Å². The first-order valence-electron chi connectivity index (χ1n) is 9.74.